The van der Waals surface area contributed by atoms with E-state index in [1.165, 1.54) is 5.56 Å². The number of nitrogens with zero attached hydrogens (tertiary/aromatic N) is 1. The van der Waals surface area contributed by atoms with Gasteiger partial charge in [0.05, 0.1) is 0 Å². The first kappa shape index (κ1) is 16.0. The summed E-state index contributed by atoms with van der Waals surface area (Å²) in [6, 6.07) is 16.0. The molecule has 0 saturated carbocycles. The molecule has 2 aromatic rings. The zero-order valence-electron chi connectivity index (χ0n) is 13.5. The van der Waals surface area contributed by atoms with E-state index in [1.54, 1.807) is 0 Å². The molecule has 2 atom stereocenters. The second kappa shape index (κ2) is 6.73. The second-order valence-electron chi connectivity index (χ2n) is 6.16. The van der Waals surface area contributed by atoms with Crippen molar-refractivity contribution in [1.82, 2.24) is 0 Å². The minimum atomic E-state index is -0.146. The fraction of sp³-hybridized carbons (Fsp3) is 0.316. The molecular weight excluding hydrogens is 308 g/mol. The highest BCUT2D eigenvalue weighted by Crippen LogP contribution is 2.27. The molecular formula is C19H22ClN2O+. The first-order chi connectivity index (χ1) is 11.1. The molecule has 2 N–H and O–H groups in total. The van der Waals surface area contributed by atoms with E-state index in [0.29, 0.717) is 0 Å². The van der Waals surface area contributed by atoms with Crippen molar-refractivity contribution in [2.75, 3.05) is 11.4 Å². The van der Waals surface area contributed by atoms with E-state index in [-0.39, 0.29) is 18.0 Å². The predicted octanol–water partition coefficient (Wildman–Crippen LogP) is 2.94. The summed E-state index contributed by atoms with van der Waals surface area (Å²) < 4.78 is 0. The van der Waals surface area contributed by atoms with Crippen molar-refractivity contribution in [3.05, 3.63) is 64.7 Å². The van der Waals surface area contributed by atoms with Gasteiger partial charge in [-0.15, -0.1) is 0 Å². The second-order valence-corrected chi connectivity index (χ2v) is 6.57. The number of quaternary nitrogens is 1. The van der Waals surface area contributed by atoms with Gasteiger partial charge in [0.1, 0.15) is 6.04 Å². The molecule has 120 valence electrons. The molecule has 4 heteroatoms. The van der Waals surface area contributed by atoms with Crippen LogP contribution in [0.3, 0.4) is 0 Å². The van der Waals surface area contributed by atoms with Crippen LogP contribution in [0.2, 0.25) is 5.02 Å². The molecule has 23 heavy (non-hydrogen) atoms. The van der Waals surface area contributed by atoms with Gasteiger partial charge < -0.3 is 10.2 Å². The maximum Gasteiger partial charge on any atom is 0.284 e. The molecule has 1 aliphatic heterocycles. The molecule has 0 radical (unpaired) electrons. The molecule has 3 rings (SSSR count). The molecule has 2 aromatic carbocycles. The van der Waals surface area contributed by atoms with Crippen LogP contribution in [0, 0.1) is 0 Å². The number of fused-ring (bicyclic) bond motifs is 1. The number of benzene rings is 2. The van der Waals surface area contributed by atoms with Gasteiger partial charge in [-0.25, -0.2) is 0 Å². The number of nitrogens with two attached hydrogens (primary N) is 1. The van der Waals surface area contributed by atoms with Crippen LogP contribution in [0.5, 0.6) is 0 Å². The maximum atomic E-state index is 12.8. The van der Waals surface area contributed by atoms with Gasteiger partial charge >= 0.3 is 0 Å². The summed E-state index contributed by atoms with van der Waals surface area (Å²) in [4.78, 5) is 14.7. The van der Waals surface area contributed by atoms with Gasteiger partial charge in [-0.05, 0) is 38.0 Å². The van der Waals surface area contributed by atoms with Crippen molar-refractivity contribution in [2.45, 2.75) is 32.4 Å². The quantitative estimate of drug-likeness (QED) is 0.920. The Bertz CT molecular complexity index is 716. The molecule has 1 heterocycles. The molecule has 1 amide bonds. The first-order valence-corrected chi connectivity index (χ1v) is 8.44. The number of rotatable bonds is 4. The largest absolute Gasteiger partial charge is 0.330 e. The van der Waals surface area contributed by atoms with E-state index >= 15 is 0 Å². The van der Waals surface area contributed by atoms with Crippen LogP contribution < -0.4 is 10.2 Å². The molecule has 0 unspecified atom stereocenters. The van der Waals surface area contributed by atoms with Gasteiger partial charge in [-0.3, -0.25) is 4.79 Å². The zero-order valence-corrected chi connectivity index (χ0v) is 14.3. The van der Waals surface area contributed by atoms with Gasteiger partial charge in [0, 0.05) is 22.8 Å². The van der Waals surface area contributed by atoms with Gasteiger partial charge in [0.15, 0.2) is 6.04 Å². The van der Waals surface area contributed by atoms with Crippen molar-refractivity contribution < 1.29 is 10.1 Å². The average molecular weight is 330 g/mol. The summed E-state index contributed by atoms with van der Waals surface area (Å²) in [5, 5.41) is 2.84. The topological polar surface area (TPSA) is 36.9 Å². The Hall–Kier alpha value is -1.84. The minimum absolute atomic E-state index is 0.139. The summed E-state index contributed by atoms with van der Waals surface area (Å²) in [5.74, 6) is 0.161. The first-order valence-electron chi connectivity index (χ1n) is 8.06. The Morgan fingerprint density at radius 1 is 1.13 bits per heavy atom. The highest BCUT2D eigenvalue weighted by molar-refractivity contribution is 6.31. The smallest absolute Gasteiger partial charge is 0.284 e. The Kier molecular flexibility index (Phi) is 4.69. The normalized spacial score (nSPS) is 16.0. The van der Waals surface area contributed by atoms with Gasteiger partial charge in [-0.2, -0.15) is 0 Å². The van der Waals surface area contributed by atoms with Crippen molar-refractivity contribution in [3.63, 3.8) is 0 Å². The average Bonchev–Trinajstić information content (AvgIpc) is 2.98. The molecule has 0 aliphatic carbocycles. The summed E-state index contributed by atoms with van der Waals surface area (Å²) in [5.41, 5.74) is 3.38. The third-order valence-electron chi connectivity index (χ3n) is 4.52. The maximum absolute atomic E-state index is 12.8. The van der Waals surface area contributed by atoms with Crippen LogP contribution in [-0.4, -0.2) is 18.5 Å². The van der Waals surface area contributed by atoms with Crippen LogP contribution in [0.25, 0.3) is 0 Å². The SMILES string of the molecule is C[C@H]([NH2+][C@H](C)c1ccccc1Cl)C(=O)N1CCc2ccccc21. The number of para-hydroxylation sites is 1. The number of hydrogen-bond donors (Lipinski definition) is 1. The van der Waals surface area contributed by atoms with E-state index in [1.807, 2.05) is 54.3 Å². The molecule has 0 fully saturated rings. The lowest BCUT2D eigenvalue weighted by Crippen LogP contribution is -2.92. The molecule has 0 bridgehead atoms. The number of halogens is 1. The van der Waals surface area contributed by atoms with Crippen LogP contribution in [0.1, 0.15) is 31.0 Å². The van der Waals surface area contributed by atoms with E-state index in [9.17, 15) is 4.79 Å². The van der Waals surface area contributed by atoms with Crippen LogP contribution in [-0.2, 0) is 11.2 Å². The molecule has 0 saturated heterocycles. The van der Waals surface area contributed by atoms with Gasteiger partial charge in [-0.1, -0.05) is 48.0 Å². The predicted molar refractivity (Wildman–Crippen MR) is 93.8 cm³/mol. The van der Waals surface area contributed by atoms with Crippen molar-refractivity contribution in [3.8, 4) is 0 Å². The van der Waals surface area contributed by atoms with Crippen molar-refractivity contribution >= 4 is 23.2 Å². The Labute approximate surface area is 142 Å². The molecule has 0 spiro atoms. The molecule has 0 aromatic heterocycles. The van der Waals surface area contributed by atoms with Crippen molar-refractivity contribution in [2.24, 2.45) is 0 Å². The Balaban J connectivity index is 1.70. The fourth-order valence-electron chi connectivity index (χ4n) is 3.28. The lowest BCUT2D eigenvalue weighted by molar-refractivity contribution is -0.710. The van der Waals surface area contributed by atoms with E-state index in [2.05, 4.69) is 18.3 Å². The summed E-state index contributed by atoms with van der Waals surface area (Å²) in [6.07, 6.45) is 0.939. The summed E-state index contributed by atoms with van der Waals surface area (Å²) in [7, 11) is 0. The highest BCUT2D eigenvalue weighted by Gasteiger charge is 2.30. The van der Waals surface area contributed by atoms with Crippen LogP contribution in [0.15, 0.2) is 48.5 Å². The number of amides is 1. The number of carbonyl (C=O) groups excluding carboxylic acids is 1. The van der Waals surface area contributed by atoms with Gasteiger partial charge in [0.2, 0.25) is 0 Å². The third-order valence-corrected chi connectivity index (χ3v) is 4.86. The van der Waals surface area contributed by atoms with E-state index in [0.717, 1.165) is 29.2 Å². The van der Waals surface area contributed by atoms with E-state index < -0.39 is 0 Å². The third kappa shape index (κ3) is 3.26. The highest BCUT2D eigenvalue weighted by atomic mass is 35.5. The van der Waals surface area contributed by atoms with Crippen molar-refractivity contribution in [1.29, 1.82) is 0 Å². The minimum Gasteiger partial charge on any atom is -0.330 e. The molecule has 1 aliphatic rings. The Morgan fingerprint density at radius 2 is 1.83 bits per heavy atom. The van der Waals surface area contributed by atoms with Gasteiger partial charge in [0.25, 0.3) is 5.91 Å². The molecule has 3 nitrogen and oxygen atoms in total. The number of carbonyl (C=O) groups is 1. The summed E-state index contributed by atoms with van der Waals surface area (Å²) >= 11 is 6.26. The fourth-order valence-corrected chi connectivity index (χ4v) is 3.58. The Morgan fingerprint density at radius 3 is 2.61 bits per heavy atom. The van der Waals surface area contributed by atoms with Crippen LogP contribution in [0.4, 0.5) is 5.69 Å². The lowest BCUT2D eigenvalue weighted by Gasteiger charge is -2.23. The standard InChI is InChI=1S/C19H21ClN2O/c1-13(16-8-4-5-9-17(16)20)21-14(2)19(23)22-12-11-15-7-3-6-10-18(15)22/h3-10,13-14,21H,11-12H2,1-2H3/p+1/t13-,14+/m1/s1. The van der Waals surface area contributed by atoms with E-state index in [4.69, 9.17) is 11.6 Å². The number of hydrogen-bond acceptors (Lipinski definition) is 1. The zero-order chi connectivity index (χ0) is 16.4. The number of anilines is 1. The summed E-state index contributed by atoms with van der Waals surface area (Å²) in [6.45, 7) is 4.83. The lowest BCUT2D eigenvalue weighted by atomic mass is 10.1. The monoisotopic (exact) mass is 329 g/mol. The van der Waals surface area contributed by atoms with Crippen LogP contribution >= 0.6 is 11.6 Å².